The molecule has 0 aliphatic carbocycles. The van der Waals surface area contributed by atoms with Crippen LogP contribution in [0.1, 0.15) is 11.3 Å². The molecule has 0 aliphatic heterocycles. The number of nitrogens with zero attached hydrogens (tertiary/aromatic N) is 2. The summed E-state index contributed by atoms with van der Waals surface area (Å²) in [6.45, 7) is 2.69. The fourth-order valence-electron chi connectivity index (χ4n) is 1.76. The number of hydrogen-bond donors (Lipinski definition) is 1. The van der Waals surface area contributed by atoms with E-state index in [1.165, 1.54) is 10.5 Å². The first-order valence-corrected chi connectivity index (χ1v) is 6.49. The largest absolute Gasteiger partial charge is 0.330 e. The van der Waals surface area contributed by atoms with Crippen LogP contribution in [0.15, 0.2) is 40.3 Å². The van der Waals surface area contributed by atoms with Crippen LogP contribution in [0.3, 0.4) is 0 Å². The van der Waals surface area contributed by atoms with Crippen LogP contribution in [-0.4, -0.2) is 16.3 Å². The van der Waals surface area contributed by atoms with Gasteiger partial charge in [0.1, 0.15) is 0 Å². The molecule has 2 aromatic rings. The van der Waals surface area contributed by atoms with Gasteiger partial charge in [-0.25, -0.2) is 0 Å². The topological polar surface area (TPSA) is 43.8 Å². The van der Waals surface area contributed by atoms with Crippen LogP contribution in [0, 0.1) is 6.92 Å². The first-order valence-electron chi connectivity index (χ1n) is 5.67. The third-order valence-corrected chi connectivity index (χ3v) is 3.77. The number of aromatic nitrogens is 2. The van der Waals surface area contributed by atoms with Crippen molar-refractivity contribution in [3.63, 3.8) is 0 Å². The predicted molar refractivity (Wildman–Crippen MR) is 71.3 cm³/mol. The molecule has 90 valence electrons. The van der Waals surface area contributed by atoms with Gasteiger partial charge in [-0.15, -0.1) is 0 Å². The number of aryl methyl sites for hydroxylation is 2. The lowest BCUT2D eigenvalue weighted by Crippen LogP contribution is -2.03. The summed E-state index contributed by atoms with van der Waals surface area (Å²) in [5, 5.41) is 5.51. The van der Waals surface area contributed by atoms with Gasteiger partial charge < -0.3 is 5.73 Å². The molecule has 0 fully saturated rings. The number of benzene rings is 1. The maximum absolute atomic E-state index is 5.63. The van der Waals surface area contributed by atoms with Gasteiger partial charge in [-0.2, -0.15) is 5.10 Å². The molecule has 1 heterocycles. The predicted octanol–water partition coefficient (Wildman–Crippen LogP) is 2.38. The van der Waals surface area contributed by atoms with E-state index in [9.17, 15) is 0 Å². The van der Waals surface area contributed by atoms with E-state index in [1.54, 1.807) is 11.8 Å². The van der Waals surface area contributed by atoms with Crippen LogP contribution in [0.5, 0.6) is 0 Å². The van der Waals surface area contributed by atoms with E-state index in [0.29, 0.717) is 6.54 Å². The molecule has 0 bridgehead atoms. The van der Waals surface area contributed by atoms with Gasteiger partial charge in [0.05, 0.1) is 10.7 Å². The van der Waals surface area contributed by atoms with E-state index in [1.807, 2.05) is 18.7 Å². The van der Waals surface area contributed by atoms with Gasteiger partial charge in [-0.1, -0.05) is 30.0 Å². The van der Waals surface area contributed by atoms with Crippen molar-refractivity contribution in [1.29, 1.82) is 0 Å². The summed E-state index contributed by atoms with van der Waals surface area (Å²) < 4.78 is 1.92. The molecule has 17 heavy (non-hydrogen) atoms. The summed E-state index contributed by atoms with van der Waals surface area (Å²) in [4.78, 5) is 1.26. The molecule has 0 atom stereocenters. The minimum Gasteiger partial charge on any atom is -0.330 e. The van der Waals surface area contributed by atoms with Crippen LogP contribution in [0.2, 0.25) is 0 Å². The van der Waals surface area contributed by atoms with Crippen LogP contribution in [0.25, 0.3) is 0 Å². The lowest BCUT2D eigenvalue weighted by Gasteiger charge is -2.07. The second-order valence-electron chi connectivity index (χ2n) is 4.00. The smallest absolute Gasteiger partial charge is 0.0987 e. The average Bonchev–Trinajstić information content (AvgIpc) is 2.61. The van der Waals surface area contributed by atoms with Gasteiger partial charge in [-0.05, 0) is 37.6 Å². The monoisotopic (exact) mass is 247 g/mol. The summed E-state index contributed by atoms with van der Waals surface area (Å²) in [7, 11) is 1.97. The Morgan fingerprint density at radius 1 is 1.35 bits per heavy atom. The second-order valence-corrected chi connectivity index (χ2v) is 5.06. The quantitative estimate of drug-likeness (QED) is 0.902. The number of rotatable bonds is 4. The standard InChI is InChI=1S/C13H17N3S/c1-10-9-13(16(2)15-10)17-12-6-4-3-5-11(12)7-8-14/h3-6,9H,7-8,14H2,1-2H3. The number of nitrogens with two attached hydrogens (primary N) is 1. The van der Waals surface area contributed by atoms with E-state index in [2.05, 4.69) is 35.4 Å². The first kappa shape index (κ1) is 12.2. The average molecular weight is 247 g/mol. The van der Waals surface area contributed by atoms with Gasteiger partial charge in [0.25, 0.3) is 0 Å². The Morgan fingerprint density at radius 2 is 2.12 bits per heavy atom. The fourth-order valence-corrected chi connectivity index (χ4v) is 2.84. The van der Waals surface area contributed by atoms with Crippen LogP contribution >= 0.6 is 11.8 Å². The van der Waals surface area contributed by atoms with Gasteiger partial charge in [0.2, 0.25) is 0 Å². The summed E-state index contributed by atoms with van der Waals surface area (Å²) in [6.07, 6.45) is 0.917. The van der Waals surface area contributed by atoms with Gasteiger partial charge >= 0.3 is 0 Å². The fraction of sp³-hybridized carbons (Fsp3) is 0.308. The van der Waals surface area contributed by atoms with Crippen LogP contribution in [-0.2, 0) is 13.5 Å². The summed E-state index contributed by atoms with van der Waals surface area (Å²) in [5.74, 6) is 0. The lowest BCUT2D eigenvalue weighted by molar-refractivity contribution is 0.692. The molecular formula is C13H17N3S. The molecule has 4 heteroatoms. The van der Waals surface area contributed by atoms with E-state index in [4.69, 9.17) is 5.73 Å². The molecule has 1 aromatic carbocycles. The van der Waals surface area contributed by atoms with Crippen molar-refractivity contribution in [2.45, 2.75) is 23.3 Å². The maximum atomic E-state index is 5.63. The van der Waals surface area contributed by atoms with Gasteiger partial charge in [0, 0.05) is 11.9 Å². The highest BCUT2D eigenvalue weighted by Gasteiger charge is 2.07. The molecule has 0 unspecified atom stereocenters. The zero-order valence-electron chi connectivity index (χ0n) is 10.2. The van der Waals surface area contributed by atoms with Gasteiger partial charge in [0.15, 0.2) is 0 Å². The Bertz CT molecular complexity index is 505. The summed E-state index contributed by atoms with van der Waals surface area (Å²) in [5.41, 5.74) is 7.98. The second kappa shape index (κ2) is 5.38. The van der Waals surface area contributed by atoms with Crippen molar-refractivity contribution in [1.82, 2.24) is 9.78 Å². The third-order valence-electron chi connectivity index (χ3n) is 2.56. The summed E-state index contributed by atoms with van der Waals surface area (Å²) >= 11 is 1.75. The molecule has 0 saturated carbocycles. The van der Waals surface area contributed by atoms with Crippen molar-refractivity contribution in [3.05, 3.63) is 41.6 Å². The molecule has 0 amide bonds. The zero-order valence-corrected chi connectivity index (χ0v) is 11.0. The Balaban J connectivity index is 2.26. The highest BCUT2D eigenvalue weighted by Crippen LogP contribution is 2.30. The minimum atomic E-state index is 0.683. The highest BCUT2D eigenvalue weighted by atomic mass is 32.2. The minimum absolute atomic E-state index is 0.683. The van der Waals surface area contributed by atoms with E-state index >= 15 is 0 Å². The molecule has 1 aromatic heterocycles. The molecule has 0 spiro atoms. The Hall–Kier alpha value is -1.26. The van der Waals surface area contributed by atoms with Crippen molar-refractivity contribution >= 4 is 11.8 Å². The van der Waals surface area contributed by atoms with Gasteiger partial charge in [-0.3, -0.25) is 4.68 Å². The van der Waals surface area contributed by atoms with Crippen LogP contribution in [0.4, 0.5) is 0 Å². The van der Waals surface area contributed by atoms with E-state index in [-0.39, 0.29) is 0 Å². The molecule has 0 aliphatic rings. The van der Waals surface area contributed by atoms with Crippen molar-refractivity contribution in [3.8, 4) is 0 Å². The SMILES string of the molecule is Cc1cc(Sc2ccccc2CCN)n(C)n1. The lowest BCUT2D eigenvalue weighted by atomic mass is 10.1. The Morgan fingerprint density at radius 3 is 2.76 bits per heavy atom. The van der Waals surface area contributed by atoms with Crippen molar-refractivity contribution in [2.24, 2.45) is 12.8 Å². The maximum Gasteiger partial charge on any atom is 0.0987 e. The molecular weight excluding hydrogens is 230 g/mol. The highest BCUT2D eigenvalue weighted by molar-refractivity contribution is 7.99. The zero-order chi connectivity index (χ0) is 12.3. The molecule has 0 radical (unpaired) electrons. The van der Waals surface area contributed by atoms with Crippen molar-refractivity contribution < 1.29 is 0 Å². The number of hydrogen-bond acceptors (Lipinski definition) is 3. The molecule has 2 N–H and O–H groups in total. The third kappa shape index (κ3) is 2.90. The molecule has 2 rings (SSSR count). The Kier molecular flexibility index (Phi) is 3.86. The summed E-state index contributed by atoms with van der Waals surface area (Å²) in [6, 6.07) is 10.5. The van der Waals surface area contributed by atoms with Crippen molar-refractivity contribution in [2.75, 3.05) is 6.54 Å². The molecule has 0 saturated heterocycles. The van der Waals surface area contributed by atoms with E-state index in [0.717, 1.165) is 17.1 Å². The van der Waals surface area contributed by atoms with E-state index < -0.39 is 0 Å². The van der Waals surface area contributed by atoms with Crippen LogP contribution < -0.4 is 5.73 Å². The molecule has 3 nitrogen and oxygen atoms in total. The normalized spacial score (nSPS) is 10.8. The Labute approximate surface area is 106 Å². The first-order chi connectivity index (χ1) is 8.20.